The fourth-order valence-electron chi connectivity index (χ4n) is 2.45. The summed E-state index contributed by atoms with van der Waals surface area (Å²) in [5.41, 5.74) is 6.87. The Bertz CT molecular complexity index is 480. The summed E-state index contributed by atoms with van der Waals surface area (Å²) < 4.78 is 0. The number of hydrogen-bond acceptors (Lipinski definition) is 3. The van der Waals surface area contributed by atoms with Crippen molar-refractivity contribution in [1.82, 2.24) is 4.90 Å². The average molecular weight is 280 g/mol. The second-order valence-corrected chi connectivity index (χ2v) is 4.83. The zero-order chi connectivity index (χ0) is 13.1. The number of carbonyl (C=O) groups excluding carboxylic acids is 1. The Morgan fingerprint density at radius 2 is 2.11 bits per heavy atom. The second kappa shape index (κ2) is 6.55. The number of benzene rings is 1. The molecule has 5 heteroatoms. The summed E-state index contributed by atoms with van der Waals surface area (Å²) in [5.74, 6) is 0.435. The molecule has 2 atom stereocenters. The van der Waals surface area contributed by atoms with E-state index < -0.39 is 0 Å². The van der Waals surface area contributed by atoms with Crippen LogP contribution in [0.5, 0.6) is 0 Å². The Kier molecular flexibility index (Phi) is 5.34. The van der Waals surface area contributed by atoms with Crippen molar-refractivity contribution in [2.75, 3.05) is 13.1 Å². The summed E-state index contributed by atoms with van der Waals surface area (Å²) in [5, 5.41) is 8.73. The standard InChI is InChI=1S/C14H17N3O.ClH/c1-10-6-12(8-16)9-17(10)14(18)13-4-2-11(7-15)3-5-13;/h2-5,10,12H,6,8-9,16H2,1H3;1H. The third kappa shape index (κ3) is 3.25. The molecule has 1 fully saturated rings. The van der Waals surface area contributed by atoms with Crippen molar-refractivity contribution in [1.29, 1.82) is 5.26 Å². The molecule has 1 saturated heterocycles. The lowest BCUT2D eigenvalue weighted by molar-refractivity contribution is 0.0743. The number of nitrogens with two attached hydrogens (primary N) is 1. The fourth-order valence-corrected chi connectivity index (χ4v) is 2.45. The zero-order valence-corrected chi connectivity index (χ0v) is 11.7. The topological polar surface area (TPSA) is 70.1 Å². The summed E-state index contributed by atoms with van der Waals surface area (Å²) in [6.07, 6.45) is 0.971. The normalized spacial score (nSPS) is 21.6. The molecule has 1 heterocycles. The van der Waals surface area contributed by atoms with Crippen LogP contribution in [-0.2, 0) is 0 Å². The van der Waals surface area contributed by atoms with E-state index in [9.17, 15) is 4.79 Å². The summed E-state index contributed by atoms with van der Waals surface area (Å²) in [6, 6.07) is 9.06. The van der Waals surface area contributed by atoms with Crippen LogP contribution in [0.3, 0.4) is 0 Å². The molecule has 0 saturated carbocycles. The summed E-state index contributed by atoms with van der Waals surface area (Å²) in [4.78, 5) is 14.2. The number of hydrogen-bond donors (Lipinski definition) is 1. The smallest absolute Gasteiger partial charge is 0.254 e. The van der Waals surface area contributed by atoms with Gasteiger partial charge < -0.3 is 10.6 Å². The number of amides is 1. The van der Waals surface area contributed by atoms with E-state index in [4.69, 9.17) is 11.0 Å². The number of nitriles is 1. The number of halogens is 1. The van der Waals surface area contributed by atoms with Crippen LogP contribution in [0.25, 0.3) is 0 Å². The molecule has 1 aromatic carbocycles. The third-order valence-electron chi connectivity index (χ3n) is 3.52. The molecule has 2 N–H and O–H groups in total. The van der Waals surface area contributed by atoms with Crippen molar-refractivity contribution < 1.29 is 4.79 Å². The van der Waals surface area contributed by atoms with Crippen molar-refractivity contribution >= 4 is 18.3 Å². The molecule has 1 aromatic rings. The lowest BCUT2D eigenvalue weighted by Gasteiger charge is -2.21. The van der Waals surface area contributed by atoms with Crippen LogP contribution >= 0.6 is 12.4 Å². The van der Waals surface area contributed by atoms with E-state index in [2.05, 4.69) is 6.92 Å². The van der Waals surface area contributed by atoms with Gasteiger partial charge in [0.15, 0.2) is 0 Å². The molecule has 19 heavy (non-hydrogen) atoms. The third-order valence-corrected chi connectivity index (χ3v) is 3.52. The van der Waals surface area contributed by atoms with Gasteiger partial charge in [-0.1, -0.05) is 0 Å². The quantitative estimate of drug-likeness (QED) is 0.897. The first-order valence-electron chi connectivity index (χ1n) is 6.17. The van der Waals surface area contributed by atoms with Gasteiger partial charge in [0.25, 0.3) is 5.91 Å². The summed E-state index contributed by atoms with van der Waals surface area (Å²) in [6.45, 7) is 3.41. The maximum absolute atomic E-state index is 12.3. The summed E-state index contributed by atoms with van der Waals surface area (Å²) in [7, 11) is 0. The molecular formula is C14H18ClN3O. The van der Waals surface area contributed by atoms with Crippen molar-refractivity contribution in [3.8, 4) is 6.07 Å². The van der Waals surface area contributed by atoms with Crippen LogP contribution in [0.4, 0.5) is 0 Å². The Balaban J connectivity index is 0.00000180. The van der Waals surface area contributed by atoms with E-state index in [1.54, 1.807) is 24.3 Å². The molecule has 4 nitrogen and oxygen atoms in total. The molecular weight excluding hydrogens is 262 g/mol. The van der Waals surface area contributed by atoms with Gasteiger partial charge >= 0.3 is 0 Å². The van der Waals surface area contributed by atoms with Gasteiger partial charge in [-0.25, -0.2) is 0 Å². The molecule has 0 aromatic heterocycles. The van der Waals surface area contributed by atoms with Crippen molar-refractivity contribution in [3.63, 3.8) is 0 Å². The lowest BCUT2D eigenvalue weighted by Crippen LogP contribution is -2.34. The molecule has 102 valence electrons. The Morgan fingerprint density at radius 3 is 2.58 bits per heavy atom. The largest absolute Gasteiger partial charge is 0.336 e. The van der Waals surface area contributed by atoms with Crippen molar-refractivity contribution in [2.45, 2.75) is 19.4 Å². The predicted octanol–water partition coefficient (Wildman–Crippen LogP) is 1.79. The number of likely N-dealkylation sites (tertiary alicyclic amines) is 1. The van der Waals surface area contributed by atoms with Crippen LogP contribution < -0.4 is 5.73 Å². The van der Waals surface area contributed by atoms with Gasteiger partial charge in [-0.05, 0) is 50.1 Å². The van der Waals surface area contributed by atoms with Gasteiger partial charge in [0.2, 0.25) is 0 Å². The summed E-state index contributed by atoms with van der Waals surface area (Å²) >= 11 is 0. The van der Waals surface area contributed by atoms with Gasteiger partial charge in [-0.3, -0.25) is 4.79 Å². The highest BCUT2D eigenvalue weighted by molar-refractivity contribution is 5.94. The Morgan fingerprint density at radius 1 is 1.47 bits per heavy atom. The average Bonchev–Trinajstić information content (AvgIpc) is 2.79. The van der Waals surface area contributed by atoms with Gasteiger partial charge in [-0.15, -0.1) is 12.4 Å². The van der Waals surface area contributed by atoms with Crippen molar-refractivity contribution in [2.24, 2.45) is 11.7 Å². The van der Waals surface area contributed by atoms with Gasteiger partial charge in [-0.2, -0.15) is 5.26 Å². The minimum absolute atomic E-state index is 0. The maximum atomic E-state index is 12.3. The fraction of sp³-hybridized carbons (Fsp3) is 0.429. The van der Waals surface area contributed by atoms with Crippen LogP contribution in [0.1, 0.15) is 29.3 Å². The number of rotatable bonds is 2. The van der Waals surface area contributed by atoms with E-state index in [1.807, 2.05) is 11.0 Å². The predicted molar refractivity (Wildman–Crippen MR) is 76.1 cm³/mol. The van der Waals surface area contributed by atoms with Gasteiger partial charge in [0, 0.05) is 18.2 Å². The Labute approximate surface area is 119 Å². The van der Waals surface area contributed by atoms with Crippen LogP contribution in [0.2, 0.25) is 0 Å². The van der Waals surface area contributed by atoms with Crippen molar-refractivity contribution in [3.05, 3.63) is 35.4 Å². The molecule has 0 aliphatic carbocycles. The molecule has 1 aliphatic rings. The van der Waals surface area contributed by atoms with Crippen LogP contribution in [-0.4, -0.2) is 29.9 Å². The second-order valence-electron chi connectivity index (χ2n) is 4.83. The highest BCUT2D eigenvalue weighted by Gasteiger charge is 2.31. The van der Waals surface area contributed by atoms with E-state index in [0.29, 0.717) is 23.6 Å². The molecule has 1 aliphatic heterocycles. The van der Waals surface area contributed by atoms with Crippen LogP contribution in [0, 0.1) is 17.2 Å². The Hall–Kier alpha value is -1.57. The van der Waals surface area contributed by atoms with Crippen LogP contribution in [0.15, 0.2) is 24.3 Å². The number of nitrogens with zero attached hydrogens (tertiary/aromatic N) is 2. The minimum atomic E-state index is 0. The highest BCUT2D eigenvalue weighted by atomic mass is 35.5. The van der Waals surface area contributed by atoms with E-state index in [-0.39, 0.29) is 24.4 Å². The van der Waals surface area contributed by atoms with E-state index in [0.717, 1.165) is 13.0 Å². The molecule has 1 amide bonds. The minimum Gasteiger partial charge on any atom is -0.336 e. The highest BCUT2D eigenvalue weighted by Crippen LogP contribution is 2.24. The molecule has 0 radical (unpaired) electrons. The molecule has 0 spiro atoms. The maximum Gasteiger partial charge on any atom is 0.254 e. The first-order valence-corrected chi connectivity index (χ1v) is 6.17. The SMILES string of the molecule is CC1CC(CN)CN1C(=O)c1ccc(C#N)cc1.Cl. The van der Waals surface area contributed by atoms with Gasteiger partial charge in [0.05, 0.1) is 11.6 Å². The van der Waals surface area contributed by atoms with E-state index >= 15 is 0 Å². The van der Waals surface area contributed by atoms with Gasteiger partial charge in [0.1, 0.15) is 0 Å². The molecule has 0 bridgehead atoms. The first kappa shape index (κ1) is 15.5. The zero-order valence-electron chi connectivity index (χ0n) is 10.9. The number of carbonyl (C=O) groups is 1. The first-order chi connectivity index (χ1) is 8.65. The lowest BCUT2D eigenvalue weighted by atomic mass is 10.1. The monoisotopic (exact) mass is 279 g/mol. The molecule has 2 rings (SSSR count). The molecule has 2 unspecified atom stereocenters. The van der Waals surface area contributed by atoms with E-state index in [1.165, 1.54) is 0 Å².